The molecule has 3 aliphatic rings. The van der Waals surface area contributed by atoms with Gasteiger partial charge in [-0.25, -0.2) is 4.98 Å². The van der Waals surface area contributed by atoms with Crippen LogP contribution < -0.4 is 5.32 Å². The highest BCUT2D eigenvalue weighted by Gasteiger charge is 2.26. The van der Waals surface area contributed by atoms with Crippen molar-refractivity contribution in [2.24, 2.45) is 7.05 Å². The molecule has 1 aliphatic heterocycles. The number of allylic oxidation sites excluding steroid dienone is 3. The molecule has 1 aromatic heterocycles. The molecular formula is C25H29N3O3. The Kier molecular flexibility index (Phi) is 6.58. The zero-order valence-corrected chi connectivity index (χ0v) is 18.1. The molecule has 1 amide bonds. The Labute approximate surface area is 182 Å². The molecule has 162 valence electrons. The standard InChI is InChI=1S/C15H19N3O.C10H10O2/c1-18-14-8-3-2-7-13(14)17-15(18)11-5-4-6-12(9-11)16-10-19;1-8-3-2-4-9-10(7-8)12-6-5-11-9/h2-3,7-8,10-12H,4-6,9H2,1H3,(H,16,19);3-4,7H,5-6H2,1H3/t11-,12?;/m1./s1. The number of nitrogens with zero attached hydrogens (tertiary/aromatic N) is 2. The molecular weight excluding hydrogens is 390 g/mol. The van der Waals surface area contributed by atoms with Gasteiger partial charge < -0.3 is 19.4 Å². The van der Waals surface area contributed by atoms with E-state index >= 15 is 0 Å². The lowest BCUT2D eigenvalue weighted by Gasteiger charge is -2.28. The molecule has 1 N–H and O–H groups in total. The van der Waals surface area contributed by atoms with E-state index in [4.69, 9.17) is 14.5 Å². The molecule has 2 atom stereocenters. The van der Waals surface area contributed by atoms with Gasteiger partial charge in [0.15, 0.2) is 11.5 Å². The average Bonchev–Trinajstić information content (AvgIpc) is 3.00. The Morgan fingerprint density at radius 1 is 1.16 bits per heavy atom. The summed E-state index contributed by atoms with van der Waals surface area (Å²) in [6.07, 6.45) is 10.9. The number of benzene rings is 1. The van der Waals surface area contributed by atoms with Gasteiger partial charge in [0.25, 0.3) is 0 Å². The molecule has 1 unspecified atom stereocenters. The molecule has 5 rings (SSSR count). The summed E-state index contributed by atoms with van der Waals surface area (Å²) in [5, 5.41) is 2.92. The van der Waals surface area contributed by atoms with Crippen molar-refractivity contribution in [1.29, 1.82) is 0 Å². The van der Waals surface area contributed by atoms with E-state index in [2.05, 4.69) is 34.8 Å². The van der Waals surface area contributed by atoms with Gasteiger partial charge >= 0.3 is 0 Å². The third-order valence-corrected chi connectivity index (χ3v) is 5.89. The predicted molar refractivity (Wildman–Crippen MR) is 120 cm³/mol. The SMILES string of the molecule is CC1=CC2=C(C=C=C1)OCCO2.Cn1c([C@@H]2CCCC(NC=O)C2)nc2ccccc21. The van der Waals surface area contributed by atoms with Gasteiger partial charge in [-0.2, -0.15) is 0 Å². The average molecular weight is 420 g/mol. The second kappa shape index (κ2) is 9.71. The maximum Gasteiger partial charge on any atom is 0.207 e. The zero-order chi connectivity index (χ0) is 21.6. The van der Waals surface area contributed by atoms with Gasteiger partial charge in [0.2, 0.25) is 6.41 Å². The fraction of sp³-hybridized carbons (Fsp3) is 0.400. The normalized spacial score (nSPS) is 22.3. The Balaban J connectivity index is 0.000000166. The number of aromatic nitrogens is 2. The van der Waals surface area contributed by atoms with E-state index in [1.54, 1.807) is 0 Å². The number of aryl methyl sites for hydroxylation is 1. The fourth-order valence-corrected chi connectivity index (χ4v) is 4.37. The number of fused-ring (bicyclic) bond motifs is 1. The first-order valence-electron chi connectivity index (χ1n) is 10.9. The number of rotatable bonds is 3. The van der Waals surface area contributed by atoms with Gasteiger partial charge in [0.1, 0.15) is 19.0 Å². The van der Waals surface area contributed by atoms with Crippen LogP contribution in [-0.2, 0) is 21.3 Å². The highest BCUT2D eigenvalue weighted by molar-refractivity contribution is 5.75. The van der Waals surface area contributed by atoms with Crippen LogP contribution in [0.2, 0.25) is 0 Å². The van der Waals surface area contributed by atoms with Crippen molar-refractivity contribution < 1.29 is 14.3 Å². The zero-order valence-electron chi connectivity index (χ0n) is 18.1. The van der Waals surface area contributed by atoms with E-state index in [1.807, 2.05) is 37.3 Å². The number of ether oxygens (including phenoxy) is 2. The van der Waals surface area contributed by atoms with Crippen LogP contribution >= 0.6 is 0 Å². The van der Waals surface area contributed by atoms with Gasteiger partial charge in [0.05, 0.1) is 11.0 Å². The summed E-state index contributed by atoms with van der Waals surface area (Å²) in [5.74, 6) is 3.21. The van der Waals surface area contributed by atoms with Crippen molar-refractivity contribution >= 4 is 17.4 Å². The van der Waals surface area contributed by atoms with Crippen LogP contribution in [0.3, 0.4) is 0 Å². The lowest BCUT2D eigenvalue weighted by Crippen LogP contribution is -2.33. The van der Waals surface area contributed by atoms with Crippen LogP contribution in [0, 0.1) is 0 Å². The number of nitrogens with one attached hydrogen (secondary N) is 1. The Morgan fingerprint density at radius 3 is 2.77 bits per heavy atom. The first-order chi connectivity index (χ1) is 15.2. The van der Waals surface area contributed by atoms with Crippen molar-refractivity contribution in [2.75, 3.05) is 13.2 Å². The Hall–Kier alpha value is -3.24. The minimum Gasteiger partial charge on any atom is -0.486 e. The second-order valence-electron chi connectivity index (χ2n) is 8.13. The first kappa shape index (κ1) is 21.0. The molecule has 0 saturated heterocycles. The maximum atomic E-state index is 10.6. The van der Waals surface area contributed by atoms with E-state index in [0.29, 0.717) is 25.2 Å². The summed E-state index contributed by atoms with van der Waals surface area (Å²) in [6, 6.07) is 8.54. The summed E-state index contributed by atoms with van der Waals surface area (Å²) in [4.78, 5) is 15.4. The van der Waals surface area contributed by atoms with Crippen molar-refractivity contribution in [1.82, 2.24) is 14.9 Å². The molecule has 31 heavy (non-hydrogen) atoms. The van der Waals surface area contributed by atoms with Gasteiger partial charge in [-0.3, -0.25) is 4.79 Å². The van der Waals surface area contributed by atoms with Crippen LogP contribution in [0.4, 0.5) is 0 Å². The number of imidazole rings is 1. The number of hydrogen-bond acceptors (Lipinski definition) is 4. The van der Waals surface area contributed by atoms with Crippen molar-refractivity contribution in [3.8, 4) is 0 Å². The molecule has 2 aliphatic carbocycles. The summed E-state index contributed by atoms with van der Waals surface area (Å²) < 4.78 is 13.0. The second-order valence-corrected chi connectivity index (χ2v) is 8.13. The van der Waals surface area contributed by atoms with Crippen molar-refractivity contribution in [3.05, 3.63) is 71.1 Å². The number of carbonyl (C=O) groups is 1. The molecule has 0 radical (unpaired) electrons. The highest BCUT2D eigenvalue weighted by Crippen LogP contribution is 2.33. The maximum absolute atomic E-state index is 10.6. The highest BCUT2D eigenvalue weighted by atomic mass is 16.6. The summed E-state index contributed by atoms with van der Waals surface area (Å²) in [7, 11) is 2.08. The molecule has 2 aromatic rings. The van der Waals surface area contributed by atoms with E-state index in [1.165, 1.54) is 5.52 Å². The monoisotopic (exact) mass is 419 g/mol. The van der Waals surface area contributed by atoms with Crippen molar-refractivity contribution in [2.45, 2.75) is 44.6 Å². The quantitative estimate of drug-likeness (QED) is 0.596. The van der Waals surface area contributed by atoms with E-state index in [0.717, 1.165) is 60.5 Å². The number of amides is 1. The molecule has 6 heteroatoms. The minimum atomic E-state index is 0.302. The summed E-state index contributed by atoms with van der Waals surface area (Å²) in [6.45, 7) is 3.27. The van der Waals surface area contributed by atoms with Crippen LogP contribution in [0.1, 0.15) is 44.3 Å². The fourth-order valence-electron chi connectivity index (χ4n) is 4.37. The first-order valence-corrected chi connectivity index (χ1v) is 10.9. The molecule has 1 saturated carbocycles. The van der Waals surface area contributed by atoms with Crippen LogP contribution in [-0.4, -0.2) is 35.2 Å². The molecule has 0 spiro atoms. The van der Waals surface area contributed by atoms with Crippen LogP contribution in [0.5, 0.6) is 0 Å². The largest absolute Gasteiger partial charge is 0.486 e. The third kappa shape index (κ3) is 4.92. The van der Waals surface area contributed by atoms with Crippen molar-refractivity contribution in [3.63, 3.8) is 0 Å². The van der Waals surface area contributed by atoms with E-state index < -0.39 is 0 Å². The Bertz CT molecular complexity index is 1070. The molecule has 0 bridgehead atoms. The minimum absolute atomic E-state index is 0.302. The Morgan fingerprint density at radius 2 is 1.97 bits per heavy atom. The van der Waals surface area contributed by atoms with Crippen LogP contribution in [0.25, 0.3) is 11.0 Å². The van der Waals surface area contributed by atoms with E-state index in [-0.39, 0.29) is 0 Å². The lowest BCUT2D eigenvalue weighted by atomic mass is 9.85. The third-order valence-electron chi connectivity index (χ3n) is 5.89. The molecule has 1 fully saturated rings. The topological polar surface area (TPSA) is 65.4 Å². The molecule has 1 aromatic carbocycles. The number of hydrogen-bond donors (Lipinski definition) is 1. The van der Waals surface area contributed by atoms with E-state index in [9.17, 15) is 4.79 Å². The summed E-state index contributed by atoms with van der Waals surface area (Å²) in [5.41, 5.74) is 6.39. The van der Waals surface area contributed by atoms with Gasteiger partial charge in [0, 0.05) is 25.1 Å². The summed E-state index contributed by atoms with van der Waals surface area (Å²) >= 11 is 0. The van der Waals surface area contributed by atoms with Gasteiger partial charge in [-0.05, 0) is 56.0 Å². The lowest BCUT2D eigenvalue weighted by molar-refractivity contribution is -0.110. The molecule has 2 heterocycles. The van der Waals surface area contributed by atoms with Gasteiger partial charge in [-0.1, -0.05) is 18.6 Å². The van der Waals surface area contributed by atoms with Gasteiger partial charge in [-0.15, -0.1) is 5.73 Å². The number of para-hydroxylation sites is 2. The smallest absolute Gasteiger partial charge is 0.207 e. The molecule has 6 nitrogen and oxygen atoms in total. The predicted octanol–water partition coefficient (Wildman–Crippen LogP) is 4.26. The number of carbonyl (C=O) groups excluding carboxylic acids is 1. The van der Waals surface area contributed by atoms with Crippen LogP contribution in [0.15, 0.2) is 65.3 Å².